The third kappa shape index (κ3) is 2.57. The Kier molecular flexibility index (Phi) is 4.13. The summed E-state index contributed by atoms with van der Waals surface area (Å²) in [5.74, 6) is -0.546. The highest BCUT2D eigenvalue weighted by molar-refractivity contribution is 7.89. The van der Waals surface area contributed by atoms with Crippen LogP contribution in [-0.2, 0) is 10.0 Å². The second-order valence-corrected chi connectivity index (χ2v) is 7.05. The smallest absolute Gasteiger partial charge is 0.265 e. The Morgan fingerprint density at radius 3 is 2.42 bits per heavy atom. The van der Waals surface area contributed by atoms with Crippen molar-refractivity contribution >= 4 is 21.9 Å². The number of Topliss-reactive ketones (excluding diaryl/α,β-unsaturated/α-hetero) is 1. The van der Waals surface area contributed by atoms with E-state index in [-0.39, 0.29) is 28.5 Å². The van der Waals surface area contributed by atoms with Gasteiger partial charge in [0.25, 0.3) is 10.0 Å². The molecule has 0 bridgehead atoms. The highest BCUT2D eigenvalue weighted by Gasteiger charge is 2.38. The molecule has 1 heterocycles. The van der Waals surface area contributed by atoms with Gasteiger partial charge in [-0.15, -0.1) is 0 Å². The predicted octanol–water partition coefficient (Wildman–Crippen LogP) is 1.61. The largest absolute Gasteiger partial charge is 0.507 e. The lowest BCUT2D eigenvalue weighted by molar-refractivity contribution is 0.0998. The van der Waals surface area contributed by atoms with E-state index in [2.05, 4.69) is 0 Å². The molecule has 0 amide bonds. The molecule has 0 aliphatic carbocycles. The minimum absolute atomic E-state index is 0.0713. The summed E-state index contributed by atoms with van der Waals surface area (Å²) in [6.45, 7) is -0.686. The number of phenols is 1. The number of nitrogens with zero attached hydrogens (tertiary/aromatic N) is 1. The van der Waals surface area contributed by atoms with Crippen LogP contribution in [0.25, 0.3) is 6.08 Å². The Labute approximate surface area is 139 Å². The van der Waals surface area contributed by atoms with Gasteiger partial charge >= 0.3 is 0 Å². The molecule has 1 aliphatic heterocycles. The van der Waals surface area contributed by atoms with Crippen LogP contribution in [-0.4, -0.2) is 41.9 Å². The molecule has 0 unspecified atom stereocenters. The summed E-state index contributed by atoms with van der Waals surface area (Å²) in [6, 6.07) is 12.2. The first-order chi connectivity index (χ1) is 11.5. The van der Waals surface area contributed by atoms with Gasteiger partial charge in [-0.25, -0.2) is 8.42 Å². The van der Waals surface area contributed by atoms with Gasteiger partial charge < -0.3 is 10.2 Å². The van der Waals surface area contributed by atoms with E-state index >= 15 is 0 Å². The van der Waals surface area contributed by atoms with Gasteiger partial charge in [0, 0.05) is 11.1 Å². The van der Waals surface area contributed by atoms with Crippen molar-refractivity contribution in [1.29, 1.82) is 0 Å². The van der Waals surface area contributed by atoms with Gasteiger partial charge in [-0.05, 0) is 24.3 Å². The zero-order valence-electron chi connectivity index (χ0n) is 12.6. The summed E-state index contributed by atoms with van der Waals surface area (Å²) >= 11 is 0. The fourth-order valence-electron chi connectivity index (χ4n) is 2.60. The molecular formula is C17H15NO5S. The number of carbonyl (C=O) groups is 1. The lowest BCUT2D eigenvalue weighted by Crippen LogP contribution is -2.40. The van der Waals surface area contributed by atoms with Crippen molar-refractivity contribution in [3.05, 3.63) is 65.4 Å². The number of allylic oxidation sites excluding steroid dienone is 1. The topological polar surface area (TPSA) is 94.9 Å². The zero-order valence-corrected chi connectivity index (χ0v) is 13.4. The summed E-state index contributed by atoms with van der Waals surface area (Å²) in [7, 11) is -3.96. The second-order valence-electron chi connectivity index (χ2n) is 5.21. The average molecular weight is 345 g/mol. The Balaban J connectivity index is 2.25. The number of carbonyl (C=O) groups excluding carboxylic acids is 1. The first kappa shape index (κ1) is 16.2. The maximum Gasteiger partial charge on any atom is 0.265 e. The fourth-order valence-corrected chi connectivity index (χ4v) is 4.25. The number of rotatable bonds is 3. The normalized spacial score (nSPS) is 17.8. The number of sulfonamides is 1. The highest BCUT2D eigenvalue weighted by atomic mass is 32.2. The summed E-state index contributed by atoms with van der Waals surface area (Å²) < 4.78 is 26.4. The minimum Gasteiger partial charge on any atom is -0.507 e. The number of β-amino-alcohol motifs (C(OH)–C–C–N with tert-alkyl or cyclic N) is 1. The van der Waals surface area contributed by atoms with Gasteiger partial charge in [0.05, 0.1) is 18.0 Å². The quantitative estimate of drug-likeness (QED) is 0.824. The molecule has 0 saturated carbocycles. The number of para-hydroxylation sites is 1. The van der Waals surface area contributed by atoms with Crippen molar-refractivity contribution in [3.63, 3.8) is 0 Å². The van der Waals surface area contributed by atoms with Gasteiger partial charge in [-0.1, -0.05) is 30.3 Å². The summed E-state index contributed by atoms with van der Waals surface area (Å²) in [6.07, 6.45) is 1.32. The molecule has 2 aromatic rings. The molecule has 2 aromatic carbocycles. The van der Waals surface area contributed by atoms with E-state index in [9.17, 15) is 23.4 Å². The maximum atomic E-state index is 12.8. The van der Waals surface area contributed by atoms with Crippen LogP contribution < -0.4 is 0 Å². The van der Waals surface area contributed by atoms with Crippen molar-refractivity contribution in [2.75, 3.05) is 13.2 Å². The first-order valence-corrected chi connectivity index (χ1v) is 8.68. The van der Waals surface area contributed by atoms with Crippen molar-refractivity contribution in [1.82, 2.24) is 4.31 Å². The van der Waals surface area contributed by atoms with Crippen LogP contribution in [0.15, 0.2) is 59.1 Å². The number of aliphatic hydroxyl groups is 1. The van der Waals surface area contributed by atoms with E-state index in [4.69, 9.17) is 0 Å². The molecule has 0 atom stereocenters. The zero-order chi connectivity index (χ0) is 17.3. The molecule has 0 spiro atoms. The van der Waals surface area contributed by atoms with Crippen LogP contribution in [0.1, 0.15) is 15.9 Å². The van der Waals surface area contributed by atoms with E-state index in [0.717, 1.165) is 4.31 Å². The number of hydrogen-bond donors (Lipinski definition) is 2. The molecule has 7 heteroatoms. The number of hydrogen-bond acceptors (Lipinski definition) is 5. The molecule has 0 fully saturated rings. The van der Waals surface area contributed by atoms with Crippen molar-refractivity contribution in [3.8, 4) is 5.75 Å². The van der Waals surface area contributed by atoms with Gasteiger partial charge in [0.2, 0.25) is 5.78 Å². The maximum absolute atomic E-state index is 12.8. The number of phenolic OH excluding ortho intramolecular Hbond substituents is 1. The van der Waals surface area contributed by atoms with Gasteiger partial charge in [-0.3, -0.25) is 9.10 Å². The van der Waals surface area contributed by atoms with Crippen LogP contribution >= 0.6 is 0 Å². The molecule has 6 nitrogen and oxygen atoms in total. The van der Waals surface area contributed by atoms with Gasteiger partial charge in [-0.2, -0.15) is 0 Å². The molecule has 3 rings (SSSR count). The third-order valence-corrected chi connectivity index (χ3v) is 5.60. The van der Waals surface area contributed by atoms with Gasteiger partial charge in [0.15, 0.2) is 0 Å². The first-order valence-electron chi connectivity index (χ1n) is 7.24. The molecular weight excluding hydrogens is 330 g/mol. The fraction of sp³-hybridized carbons (Fsp3) is 0.118. The SMILES string of the molecule is O=C1C(=Cc2ccccc2O)N(CCO)S(=O)(=O)c2ccccc21. The van der Waals surface area contributed by atoms with E-state index < -0.39 is 22.4 Å². The van der Waals surface area contributed by atoms with Crippen LogP contribution in [0.4, 0.5) is 0 Å². The number of fused-ring (bicyclic) bond motifs is 1. The number of ketones is 1. The molecule has 0 radical (unpaired) electrons. The summed E-state index contributed by atoms with van der Waals surface area (Å²) in [4.78, 5) is 12.7. The van der Waals surface area contributed by atoms with E-state index in [1.54, 1.807) is 30.3 Å². The van der Waals surface area contributed by atoms with Crippen LogP contribution in [0, 0.1) is 0 Å². The molecule has 2 N–H and O–H groups in total. The van der Waals surface area contributed by atoms with E-state index in [1.807, 2.05) is 0 Å². The Hall–Kier alpha value is -2.64. The number of aromatic hydroxyl groups is 1. The Bertz CT molecular complexity index is 934. The van der Waals surface area contributed by atoms with E-state index in [1.165, 1.54) is 24.3 Å². The molecule has 0 aromatic heterocycles. The molecule has 124 valence electrons. The molecule has 1 aliphatic rings. The average Bonchev–Trinajstić information content (AvgIpc) is 2.58. The second kappa shape index (κ2) is 6.10. The highest BCUT2D eigenvalue weighted by Crippen LogP contribution is 2.33. The minimum atomic E-state index is -3.96. The lowest BCUT2D eigenvalue weighted by Gasteiger charge is -2.30. The third-order valence-electron chi connectivity index (χ3n) is 3.73. The number of aliphatic hydroxyl groups excluding tert-OH is 1. The molecule has 0 saturated heterocycles. The van der Waals surface area contributed by atoms with Crippen LogP contribution in [0.2, 0.25) is 0 Å². The van der Waals surface area contributed by atoms with Crippen molar-refractivity contribution in [2.24, 2.45) is 0 Å². The lowest BCUT2D eigenvalue weighted by atomic mass is 10.0. The monoisotopic (exact) mass is 345 g/mol. The number of benzene rings is 2. The van der Waals surface area contributed by atoms with Crippen LogP contribution in [0.5, 0.6) is 5.75 Å². The Morgan fingerprint density at radius 1 is 1.04 bits per heavy atom. The summed E-state index contributed by atoms with van der Waals surface area (Å²) in [5.41, 5.74) is 0.288. The molecule has 24 heavy (non-hydrogen) atoms. The van der Waals surface area contributed by atoms with Crippen molar-refractivity contribution < 1.29 is 23.4 Å². The predicted molar refractivity (Wildman–Crippen MR) is 87.8 cm³/mol. The van der Waals surface area contributed by atoms with Gasteiger partial charge in [0.1, 0.15) is 11.4 Å². The standard InChI is InChI=1S/C17H15NO5S/c19-10-9-18-14(11-12-5-1-3-7-15(12)20)17(21)13-6-2-4-8-16(13)24(18,22)23/h1-8,11,19-20H,9-10H2. The van der Waals surface area contributed by atoms with Crippen LogP contribution in [0.3, 0.4) is 0 Å². The van der Waals surface area contributed by atoms with E-state index in [0.29, 0.717) is 5.56 Å². The summed E-state index contributed by atoms with van der Waals surface area (Å²) in [5, 5.41) is 19.1. The Morgan fingerprint density at radius 2 is 1.71 bits per heavy atom. The van der Waals surface area contributed by atoms with Crippen molar-refractivity contribution in [2.45, 2.75) is 4.90 Å².